The van der Waals surface area contributed by atoms with Crippen molar-refractivity contribution < 1.29 is 13.3 Å². The van der Waals surface area contributed by atoms with E-state index in [-0.39, 0.29) is 5.88 Å². The maximum atomic E-state index is 5.76. The summed E-state index contributed by atoms with van der Waals surface area (Å²) in [6.07, 6.45) is 0. The molecular formula is C6H12Cl4O3Si. The van der Waals surface area contributed by atoms with Gasteiger partial charge in [-0.3, -0.25) is 0 Å². The van der Waals surface area contributed by atoms with Crippen LogP contribution in [0.3, 0.4) is 0 Å². The van der Waals surface area contributed by atoms with Gasteiger partial charge in [-0.25, -0.2) is 0 Å². The largest absolute Gasteiger partial charge is 0.509 e. The van der Waals surface area contributed by atoms with Crippen LogP contribution in [0.25, 0.3) is 0 Å². The fraction of sp³-hybridized carbons (Fsp3) is 1.00. The molecule has 86 valence electrons. The molecule has 0 bridgehead atoms. The number of halogens is 4. The summed E-state index contributed by atoms with van der Waals surface area (Å²) < 4.78 is 13.9. The topological polar surface area (TPSA) is 27.7 Å². The average molecular weight is 302 g/mol. The highest BCUT2D eigenvalue weighted by Crippen LogP contribution is 2.46. The van der Waals surface area contributed by atoms with Crippen molar-refractivity contribution in [3.05, 3.63) is 0 Å². The zero-order valence-corrected chi connectivity index (χ0v) is 12.0. The van der Waals surface area contributed by atoms with Gasteiger partial charge in [0, 0.05) is 27.2 Å². The summed E-state index contributed by atoms with van der Waals surface area (Å²) in [5.41, 5.74) is -0.610. The molecule has 0 rings (SSSR count). The molecule has 0 radical (unpaired) electrons. The zero-order chi connectivity index (χ0) is 11.4. The van der Waals surface area contributed by atoms with Gasteiger partial charge in [-0.1, -0.05) is 34.8 Å². The lowest BCUT2D eigenvalue weighted by Gasteiger charge is -2.34. The molecule has 14 heavy (non-hydrogen) atoms. The molecule has 0 saturated heterocycles. The molecule has 0 fully saturated rings. The van der Waals surface area contributed by atoms with Gasteiger partial charge >= 0.3 is 8.80 Å². The van der Waals surface area contributed by atoms with Crippen LogP contribution >= 0.6 is 46.4 Å². The molecule has 0 N–H and O–H groups in total. The third-order valence-corrected chi connectivity index (χ3v) is 6.93. The van der Waals surface area contributed by atoms with Crippen molar-refractivity contribution in [1.29, 1.82) is 0 Å². The monoisotopic (exact) mass is 300 g/mol. The Morgan fingerprint density at radius 3 is 1.50 bits per heavy atom. The summed E-state index contributed by atoms with van der Waals surface area (Å²) in [4.78, 5) is 0. The van der Waals surface area contributed by atoms with E-state index in [1.165, 1.54) is 21.3 Å². The molecule has 0 heterocycles. The minimum atomic E-state index is -3.01. The van der Waals surface area contributed by atoms with Gasteiger partial charge in [-0.2, -0.15) is 0 Å². The molecule has 3 nitrogen and oxygen atoms in total. The Labute approximate surface area is 105 Å². The standard InChI is InChI=1S/C6H12Cl4O3Si/c1-11-14(12-2,13-3)5(4-7)6(8,9)10/h5H,4H2,1-3H3. The fourth-order valence-corrected chi connectivity index (χ4v) is 5.47. The lowest BCUT2D eigenvalue weighted by Crippen LogP contribution is -2.52. The van der Waals surface area contributed by atoms with Crippen LogP contribution in [0.15, 0.2) is 0 Å². The molecule has 0 aliphatic rings. The molecule has 0 aliphatic heterocycles. The molecule has 8 heteroatoms. The Bertz CT molecular complexity index is 163. The van der Waals surface area contributed by atoms with Crippen LogP contribution in [0.5, 0.6) is 0 Å². The first-order chi connectivity index (χ1) is 6.37. The van der Waals surface area contributed by atoms with E-state index in [0.29, 0.717) is 0 Å². The van der Waals surface area contributed by atoms with Crippen molar-refractivity contribution in [3.63, 3.8) is 0 Å². The van der Waals surface area contributed by atoms with Gasteiger partial charge in [0.2, 0.25) is 0 Å². The zero-order valence-electron chi connectivity index (χ0n) is 8.02. The minimum absolute atomic E-state index is 0.0816. The molecule has 0 amide bonds. The molecule has 1 unspecified atom stereocenters. The van der Waals surface area contributed by atoms with E-state index in [9.17, 15) is 0 Å². The highest BCUT2D eigenvalue weighted by atomic mass is 35.6. The first-order valence-electron chi connectivity index (χ1n) is 3.66. The van der Waals surface area contributed by atoms with Crippen molar-refractivity contribution in [2.24, 2.45) is 0 Å². The van der Waals surface area contributed by atoms with Gasteiger partial charge in [0.05, 0.1) is 5.54 Å². The Morgan fingerprint density at radius 1 is 1.07 bits per heavy atom. The van der Waals surface area contributed by atoms with E-state index in [1.807, 2.05) is 0 Å². The Balaban J connectivity index is 4.94. The average Bonchev–Trinajstić information content (AvgIpc) is 2.12. The van der Waals surface area contributed by atoms with Crippen LogP contribution in [0.2, 0.25) is 5.54 Å². The van der Waals surface area contributed by atoms with E-state index in [0.717, 1.165) is 0 Å². The van der Waals surface area contributed by atoms with Crippen LogP contribution < -0.4 is 0 Å². The van der Waals surface area contributed by atoms with Crippen molar-refractivity contribution in [3.8, 4) is 0 Å². The highest BCUT2D eigenvalue weighted by Gasteiger charge is 2.56. The Kier molecular flexibility index (Phi) is 6.65. The quantitative estimate of drug-likeness (QED) is 0.577. The SMILES string of the molecule is CO[Si](OC)(OC)C(CCl)C(Cl)(Cl)Cl. The normalized spacial score (nSPS) is 15.6. The van der Waals surface area contributed by atoms with Crippen LogP contribution in [-0.4, -0.2) is 39.8 Å². The second-order valence-electron chi connectivity index (χ2n) is 2.46. The number of rotatable bonds is 5. The van der Waals surface area contributed by atoms with Crippen LogP contribution in [0, 0.1) is 0 Å². The number of hydrogen-bond acceptors (Lipinski definition) is 3. The first-order valence-corrected chi connectivity index (χ1v) is 7.13. The summed E-state index contributed by atoms with van der Waals surface area (Å²) in [6, 6.07) is 0. The Hall–Kier alpha value is 1.26. The van der Waals surface area contributed by atoms with E-state index in [4.69, 9.17) is 59.7 Å². The third-order valence-electron chi connectivity index (χ3n) is 1.83. The van der Waals surface area contributed by atoms with Crippen molar-refractivity contribution in [2.75, 3.05) is 27.2 Å². The van der Waals surface area contributed by atoms with Gasteiger partial charge in [-0.05, 0) is 0 Å². The maximum Gasteiger partial charge on any atom is 0.509 e. The lowest BCUT2D eigenvalue weighted by molar-refractivity contribution is 0.114. The lowest BCUT2D eigenvalue weighted by atomic mass is 10.5. The second-order valence-corrected chi connectivity index (χ2v) is 8.27. The van der Waals surface area contributed by atoms with E-state index in [1.54, 1.807) is 0 Å². The molecule has 0 saturated carbocycles. The fourth-order valence-electron chi connectivity index (χ4n) is 1.06. The van der Waals surface area contributed by atoms with Crippen LogP contribution in [-0.2, 0) is 13.3 Å². The molecule has 0 aromatic carbocycles. The molecule has 1 atom stereocenters. The summed E-state index contributed by atoms with van der Waals surface area (Å²) in [7, 11) is 1.31. The molecule has 0 aromatic rings. The smallest absolute Gasteiger partial charge is 0.377 e. The van der Waals surface area contributed by atoms with E-state index in [2.05, 4.69) is 0 Å². The summed E-state index contributed by atoms with van der Waals surface area (Å²) in [5.74, 6) is 0.0816. The number of hydrogen-bond donors (Lipinski definition) is 0. The van der Waals surface area contributed by atoms with E-state index >= 15 is 0 Å². The van der Waals surface area contributed by atoms with Crippen molar-refractivity contribution >= 4 is 55.2 Å². The Morgan fingerprint density at radius 2 is 1.43 bits per heavy atom. The summed E-state index contributed by atoms with van der Waals surface area (Å²) in [5, 5.41) is 0. The van der Waals surface area contributed by atoms with Gasteiger partial charge in [-0.15, -0.1) is 11.6 Å². The second kappa shape index (κ2) is 6.11. The third kappa shape index (κ3) is 3.38. The van der Waals surface area contributed by atoms with Gasteiger partial charge in [0.15, 0.2) is 3.79 Å². The van der Waals surface area contributed by atoms with Gasteiger partial charge in [0.1, 0.15) is 0 Å². The predicted octanol–water partition coefficient (Wildman–Crippen LogP) is 2.84. The molecule has 0 aliphatic carbocycles. The highest BCUT2D eigenvalue weighted by molar-refractivity contribution is 6.76. The van der Waals surface area contributed by atoms with Crippen molar-refractivity contribution in [2.45, 2.75) is 9.33 Å². The van der Waals surface area contributed by atoms with Crippen LogP contribution in [0.1, 0.15) is 0 Å². The van der Waals surface area contributed by atoms with Gasteiger partial charge < -0.3 is 13.3 Å². The van der Waals surface area contributed by atoms with Gasteiger partial charge in [0.25, 0.3) is 0 Å². The van der Waals surface area contributed by atoms with Crippen molar-refractivity contribution in [1.82, 2.24) is 0 Å². The number of alkyl halides is 4. The van der Waals surface area contributed by atoms with E-state index < -0.39 is 18.1 Å². The predicted molar refractivity (Wildman–Crippen MR) is 61.5 cm³/mol. The molecule has 0 aromatic heterocycles. The van der Waals surface area contributed by atoms with Crippen LogP contribution in [0.4, 0.5) is 0 Å². The minimum Gasteiger partial charge on any atom is -0.377 e. The molecule has 0 spiro atoms. The maximum absolute atomic E-state index is 5.76. The summed E-state index contributed by atoms with van der Waals surface area (Å²) in [6.45, 7) is 0. The molecular weight excluding hydrogens is 290 g/mol. The first kappa shape index (κ1) is 15.3. The summed E-state index contributed by atoms with van der Waals surface area (Å²) >= 11 is 23.0.